The highest BCUT2D eigenvalue weighted by Crippen LogP contribution is 2.34. The van der Waals surface area contributed by atoms with E-state index in [2.05, 4.69) is 19.7 Å². The maximum atomic E-state index is 12.3. The Kier molecular flexibility index (Phi) is 4.07. The first kappa shape index (κ1) is 15.8. The van der Waals surface area contributed by atoms with E-state index in [1.807, 2.05) is 26.0 Å². The molecule has 24 heavy (non-hydrogen) atoms. The average molecular weight is 327 g/mol. The van der Waals surface area contributed by atoms with E-state index in [1.54, 1.807) is 18.3 Å². The summed E-state index contributed by atoms with van der Waals surface area (Å²) in [5.41, 5.74) is 1.08. The van der Waals surface area contributed by atoms with E-state index in [9.17, 15) is 14.7 Å². The topological polar surface area (TPSA) is 108 Å². The third-order valence-corrected chi connectivity index (χ3v) is 3.83. The van der Waals surface area contributed by atoms with Gasteiger partial charge in [-0.25, -0.2) is 4.79 Å². The lowest BCUT2D eigenvalue weighted by Crippen LogP contribution is -2.32. The Labute approximate surface area is 137 Å². The predicted molar refractivity (Wildman–Crippen MR) is 87.8 cm³/mol. The highest BCUT2D eigenvalue weighted by molar-refractivity contribution is 5.92. The van der Waals surface area contributed by atoms with Gasteiger partial charge in [0.15, 0.2) is 0 Å². The number of aromatic nitrogens is 2. The van der Waals surface area contributed by atoms with Crippen LogP contribution in [0.1, 0.15) is 35.9 Å². The Balaban J connectivity index is 1.98. The molecule has 0 aliphatic rings. The van der Waals surface area contributed by atoms with Gasteiger partial charge in [-0.15, -0.1) is 0 Å². The van der Waals surface area contributed by atoms with Gasteiger partial charge in [-0.3, -0.25) is 14.8 Å². The second-order valence-corrected chi connectivity index (χ2v) is 5.84. The molecule has 7 heteroatoms. The molecule has 0 aliphatic heterocycles. The quantitative estimate of drug-likeness (QED) is 0.681. The Hall–Kier alpha value is -3.09. The van der Waals surface area contributed by atoms with Crippen LogP contribution in [0, 0.1) is 5.92 Å². The molecule has 1 atom stereocenters. The Morgan fingerprint density at radius 2 is 2.12 bits per heavy atom. The SMILES string of the molecule is CC(C)C(NC(=O)c1coc(=O)[nH]1)c1ccc2cccnc2c1O. The van der Waals surface area contributed by atoms with Gasteiger partial charge < -0.3 is 14.8 Å². The molecule has 0 saturated heterocycles. The molecule has 3 aromatic rings. The monoisotopic (exact) mass is 327 g/mol. The van der Waals surface area contributed by atoms with Gasteiger partial charge in [-0.05, 0) is 12.0 Å². The normalized spacial score (nSPS) is 12.5. The number of H-pyrrole nitrogens is 1. The highest BCUT2D eigenvalue weighted by atomic mass is 16.4. The van der Waals surface area contributed by atoms with Gasteiger partial charge >= 0.3 is 5.76 Å². The summed E-state index contributed by atoms with van der Waals surface area (Å²) in [5.74, 6) is -1.15. The number of amides is 1. The first-order valence-corrected chi connectivity index (χ1v) is 7.52. The predicted octanol–water partition coefficient (Wildman–Crippen LogP) is 2.35. The minimum Gasteiger partial charge on any atom is -0.505 e. The number of oxazole rings is 1. The van der Waals surface area contributed by atoms with Crippen molar-refractivity contribution in [1.82, 2.24) is 15.3 Å². The summed E-state index contributed by atoms with van der Waals surface area (Å²) < 4.78 is 4.58. The molecule has 0 fully saturated rings. The summed E-state index contributed by atoms with van der Waals surface area (Å²) in [4.78, 5) is 29.8. The highest BCUT2D eigenvalue weighted by Gasteiger charge is 2.24. The summed E-state index contributed by atoms with van der Waals surface area (Å²) in [6, 6.07) is 6.80. The maximum absolute atomic E-state index is 12.3. The standard InChI is InChI=1S/C17H17N3O4/c1-9(2)13(20-16(22)12-8-24-17(23)19-12)11-6-5-10-4-3-7-18-14(10)15(11)21/h3-9,13,21H,1-2H3,(H,19,23)(H,20,22). The number of nitrogens with one attached hydrogen (secondary N) is 2. The van der Waals surface area contributed by atoms with Crippen LogP contribution in [-0.2, 0) is 0 Å². The van der Waals surface area contributed by atoms with Crippen molar-refractivity contribution in [3.05, 3.63) is 58.5 Å². The van der Waals surface area contributed by atoms with Gasteiger partial charge in [0.2, 0.25) is 0 Å². The first-order valence-electron chi connectivity index (χ1n) is 7.52. The van der Waals surface area contributed by atoms with Crippen LogP contribution in [0.5, 0.6) is 5.75 Å². The lowest BCUT2D eigenvalue weighted by Gasteiger charge is -2.23. The number of hydrogen-bond acceptors (Lipinski definition) is 5. The number of phenolic OH excluding ortho intramolecular Hbond substituents is 1. The molecule has 3 N–H and O–H groups in total. The van der Waals surface area contributed by atoms with Crippen LogP contribution in [0.2, 0.25) is 0 Å². The molecule has 0 aliphatic carbocycles. The third kappa shape index (κ3) is 2.88. The van der Waals surface area contributed by atoms with E-state index in [0.29, 0.717) is 11.1 Å². The second-order valence-electron chi connectivity index (χ2n) is 5.84. The zero-order valence-corrected chi connectivity index (χ0v) is 13.2. The fraction of sp³-hybridized carbons (Fsp3) is 0.235. The number of fused-ring (bicyclic) bond motifs is 1. The summed E-state index contributed by atoms with van der Waals surface area (Å²) in [6.45, 7) is 3.84. The number of carbonyl (C=O) groups is 1. The van der Waals surface area contributed by atoms with Gasteiger partial charge in [0, 0.05) is 17.1 Å². The fourth-order valence-electron chi connectivity index (χ4n) is 2.61. The number of hydrogen-bond donors (Lipinski definition) is 3. The molecule has 1 unspecified atom stereocenters. The van der Waals surface area contributed by atoms with Crippen LogP contribution in [0.15, 0.2) is 45.9 Å². The van der Waals surface area contributed by atoms with Gasteiger partial charge in [-0.2, -0.15) is 0 Å². The van der Waals surface area contributed by atoms with E-state index in [1.165, 1.54) is 0 Å². The molecular weight excluding hydrogens is 310 g/mol. The molecule has 2 aromatic heterocycles. The lowest BCUT2D eigenvalue weighted by atomic mass is 9.94. The van der Waals surface area contributed by atoms with Gasteiger partial charge in [0.05, 0.1) is 6.04 Å². The number of pyridine rings is 1. The van der Waals surface area contributed by atoms with Crippen molar-refractivity contribution in [2.45, 2.75) is 19.9 Å². The number of carbonyl (C=O) groups excluding carboxylic acids is 1. The summed E-state index contributed by atoms with van der Waals surface area (Å²) in [7, 11) is 0. The molecule has 0 radical (unpaired) electrons. The molecule has 7 nitrogen and oxygen atoms in total. The van der Waals surface area contributed by atoms with Crippen LogP contribution in [0.4, 0.5) is 0 Å². The lowest BCUT2D eigenvalue weighted by molar-refractivity contribution is 0.0920. The van der Waals surface area contributed by atoms with Gasteiger partial charge in [-0.1, -0.05) is 32.0 Å². The molecule has 1 amide bonds. The third-order valence-electron chi connectivity index (χ3n) is 3.83. The average Bonchev–Trinajstić information content (AvgIpc) is 3.00. The van der Waals surface area contributed by atoms with Crippen LogP contribution < -0.4 is 11.1 Å². The Morgan fingerprint density at radius 1 is 1.33 bits per heavy atom. The number of rotatable bonds is 4. The molecular formula is C17H17N3O4. The molecule has 2 heterocycles. The largest absolute Gasteiger partial charge is 0.505 e. The number of aromatic amines is 1. The second kappa shape index (κ2) is 6.19. The maximum Gasteiger partial charge on any atom is 0.416 e. The van der Waals surface area contributed by atoms with Crippen LogP contribution >= 0.6 is 0 Å². The van der Waals surface area contributed by atoms with Crippen LogP contribution in [0.25, 0.3) is 10.9 Å². The Bertz CT molecular complexity index is 942. The number of aromatic hydroxyl groups is 1. The van der Waals surface area contributed by atoms with E-state index < -0.39 is 17.7 Å². The molecule has 1 aromatic carbocycles. The molecule has 0 saturated carbocycles. The summed E-state index contributed by atoms with van der Waals surface area (Å²) in [5, 5.41) is 14.2. The minimum atomic E-state index is -0.695. The van der Waals surface area contributed by atoms with Crippen LogP contribution in [0.3, 0.4) is 0 Å². The van der Waals surface area contributed by atoms with E-state index in [0.717, 1.165) is 11.6 Å². The van der Waals surface area contributed by atoms with E-state index in [-0.39, 0.29) is 17.4 Å². The number of benzene rings is 1. The van der Waals surface area contributed by atoms with E-state index in [4.69, 9.17) is 0 Å². The van der Waals surface area contributed by atoms with Gasteiger partial charge in [0.1, 0.15) is 23.2 Å². The first-order chi connectivity index (χ1) is 11.5. The molecule has 124 valence electrons. The molecule has 0 spiro atoms. The van der Waals surface area contributed by atoms with Crippen molar-refractivity contribution in [2.75, 3.05) is 0 Å². The summed E-state index contributed by atoms with van der Waals surface area (Å²) >= 11 is 0. The van der Waals surface area contributed by atoms with Crippen molar-refractivity contribution in [1.29, 1.82) is 0 Å². The van der Waals surface area contributed by atoms with Gasteiger partial charge in [0.25, 0.3) is 5.91 Å². The zero-order valence-electron chi connectivity index (χ0n) is 13.2. The number of phenols is 1. The summed E-state index contributed by atoms with van der Waals surface area (Å²) in [6.07, 6.45) is 2.67. The van der Waals surface area contributed by atoms with Crippen molar-refractivity contribution in [3.63, 3.8) is 0 Å². The van der Waals surface area contributed by atoms with Crippen molar-refractivity contribution in [3.8, 4) is 5.75 Å². The van der Waals surface area contributed by atoms with Crippen molar-refractivity contribution in [2.24, 2.45) is 5.92 Å². The molecule has 0 bridgehead atoms. The Morgan fingerprint density at radius 3 is 2.79 bits per heavy atom. The smallest absolute Gasteiger partial charge is 0.416 e. The molecule has 3 rings (SSSR count). The van der Waals surface area contributed by atoms with Crippen molar-refractivity contribution < 1.29 is 14.3 Å². The van der Waals surface area contributed by atoms with E-state index >= 15 is 0 Å². The fourth-order valence-corrected chi connectivity index (χ4v) is 2.61. The minimum absolute atomic E-state index is 0.000338. The number of nitrogens with zero attached hydrogens (tertiary/aromatic N) is 1. The van der Waals surface area contributed by atoms with Crippen molar-refractivity contribution >= 4 is 16.8 Å². The van der Waals surface area contributed by atoms with Crippen LogP contribution in [-0.4, -0.2) is 21.0 Å². The zero-order chi connectivity index (χ0) is 17.3.